The first-order valence-electron chi connectivity index (χ1n) is 10.6. The predicted molar refractivity (Wildman–Crippen MR) is 117 cm³/mol. The van der Waals surface area contributed by atoms with Crippen LogP contribution < -0.4 is 4.90 Å². The van der Waals surface area contributed by atoms with Gasteiger partial charge in [-0.05, 0) is 55.7 Å². The Balaban J connectivity index is 1.58. The zero-order chi connectivity index (χ0) is 21.3. The van der Waals surface area contributed by atoms with Gasteiger partial charge >= 0.3 is 0 Å². The number of nitrogens with one attached hydrogen (secondary N) is 1. The number of amides is 2. The maximum Gasteiger partial charge on any atom is 0.232 e. The highest BCUT2D eigenvalue weighted by Crippen LogP contribution is 2.30. The molecule has 0 aliphatic carbocycles. The van der Waals surface area contributed by atoms with Crippen molar-refractivity contribution in [1.29, 1.82) is 0 Å². The third-order valence-corrected chi connectivity index (χ3v) is 5.80. The van der Waals surface area contributed by atoms with E-state index in [1.165, 1.54) is 0 Å². The molecule has 1 saturated heterocycles. The first kappa shape index (κ1) is 20.3. The molecule has 3 aromatic rings. The Morgan fingerprint density at radius 1 is 1.27 bits per heavy atom. The average molecular weight is 408 g/mol. The van der Waals surface area contributed by atoms with E-state index in [4.69, 9.17) is 4.42 Å². The van der Waals surface area contributed by atoms with Crippen molar-refractivity contribution < 1.29 is 14.0 Å². The summed E-state index contributed by atoms with van der Waals surface area (Å²) in [5.41, 5.74) is 1.93. The molecule has 2 unspecified atom stereocenters. The minimum absolute atomic E-state index is 0.00213. The van der Waals surface area contributed by atoms with Crippen LogP contribution in [0.4, 0.5) is 5.69 Å². The summed E-state index contributed by atoms with van der Waals surface area (Å²) in [5.74, 6) is 0.881. The highest BCUT2D eigenvalue weighted by Gasteiger charge is 2.38. The Morgan fingerprint density at radius 3 is 2.83 bits per heavy atom. The van der Waals surface area contributed by atoms with Crippen LogP contribution in [0.15, 0.2) is 53.3 Å². The topological polar surface area (TPSA) is 69.6 Å². The second-order valence-corrected chi connectivity index (χ2v) is 8.69. The molecule has 6 heteroatoms. The molecule has 0 spiro atoms. The monoisotopic (exact) mass is 407 g/mol. The zero-order valence-electron chi connectivity index (χ0n) is 17.8. The summed E-state index contributed by atoms with van der Waals surface area (Å²) in [5, 5.41) is 1.07. The average Bonchev–Trinajstić information content (AvgIpc) is 3.43. The van der Waals surface area contributed by atoms with Gasteiger partial charge in [0, 0.05) is 41.8 Å². The Kier molecular flexibility index (Phi) is 5.66. The van der Waals surface area contributed by atoms with Gasteiger partial charge in [-0.25, -0.2) is 0 Å². The van der Waals surface area contributed by atoms with Crippen molar-refractivity contribution in [2.24, 2.45) is 11.8 Å². The number of aromatic nitrogens is 1. The van der Waals surface area contributed by atoms with Gasteiger partial charge in [-0.2, -0.15) is 0 Å². The molecule has 0 bridgehead atoms. The molecule has 2 atom stereocenters. The van der Waals surface area contributed by atoms with Gasteiger partial charge in [0.25, 0.3) is 0 Å². The molecule has 1 aromatic carbocycles. The number of rotatable bonds is 7. The molecule has 4 rings (SSSR count). The fourth-order valence-corrected chi connectivity index (χ4v) is 4.45. The number of furan rings is 1. The van der Waals surface area contributed by atoms with Crippen LogP contribution in [-0.2, 0) is 16.1 Å². The van der Waals surface area contributed by atoms with Crippen LogP contribution in [0.5, 0.6) is 0 Å². The summed E-state index contributed by atoms with van der Waals surface area (Å²) in [6, 6.07) is 11.8. The Hall–Kier alpha value is -3.02. The third-order valence-electron chi connectivity index (χ3n) is 5.80. The van der Waals surface area contributed by atoms with Gasteiger partial charge in [0.05, 0.1) is 18.7 Å². The molecule has 30 heavy (non-hydrogen) atoms. The van der Waals surface area contributed by atoms with E-state index in [-0.39, 0.29) is 30.2 Å². The minimum Gasteiger partial charge on any atom is -0.467 e. The summed E-state index contributed by atoms with van der Waals surface area (Å²) < 4.78 is 5.38. The Labute approximate surface area is 176 Å². The summed E-state index contributed by atoms with van der Waals surface area (Å²) in [7, 11) is 0. The Morgan fingerprint density at radius 2 is 2.10 bits per heavy atom. The van der Waals surface area contributed by atoms with Gasteiger partial charge in [-0.15, -0.1) is 0 Å². The second-order valence-electron chi connectivity index (χ2n) is 8.69. The van der Waals surface area contributed by atoms with E-state index < -0.39 is 0 Å². The SMILES string of the molecule is CC(C)CC(C)N(C(=O)C1CC(=O)N(Cc2ccco2)C1)c1ccc2[nH]ccc2c1. The van der Waals surface area contributed by atoms with Crippen LogP contribution in [0, 0.1) is 11.8 Å². The summed E-state index contributed by atoms with van der Waals surface area (Å²) >= 11 is 0. The standard InChI is InChI=1S/C24H29N3O3/c1-16(2)11-17(3)27(20-6-7-22-18(12-20)8-9-25-22)24(29)19-13-23(28)26(14-19)15-21-5-4-10-30-21/h4-10,12,16-17,19,25H,11,13-15H2,1-3H3. The largest absolute Gasteiger partial charge is 0.467 e. The van der Waals surface area contributed by atoms with Crippen molar-refractivity contribution in [1.82, 2.24) is 9.88 Å². The van der Waals surface area contributed by atoms with Crippen molar-refractivity contribution in [3.63, 3.8) is 0 Å². The molecule has 1 aliphatic rings. The highest BCUT2D eigenvalue weighted by molar-refractivity contribution is 6.00. The van der Waals surface area contributed by atoms with Crippen molar-refractivity contribution >= 4 is 28.4 Å². The first-order chi connectivity index (χ1) is 14.4. The number of H-pyrrole nitrogens is 1. The first-order valence-corrected chi connectivity index (χ1v) is 10.6. The van der Waals surface area contributed by atoms with Crippen molar-refractivity contribution in [2.75, 3.05) is 11.4 Å². The van der Waals surface area contributed by atoms with Crippen molar-refractivity contribution in [2.45, 2.75) is 46.2 Å². The number of hydrogen-bond donors (Lipinski definition) is 1. The number of carbonyl (C=O) groups is 2. The maximum absolute atomic E-state index is 13.7. The molecule has 1 fully saturated rings. The van der Waals surface area contributed by atoms with E-state index in [1.54, 1.807) is 11.2 Å². The lowest BCUT2D eigenvalue weighted by Gasteiger charge is -2.32. The van der Waals surface area contributed by atoms with Crippen LogP contribution in [0.1, 0.15) is 39.4 Å². The summed E-state index contributed by atoms with van der Waals surface area (Å²) in [6.07, 6.45) is 4.65. The predicted octanol–water partition coefficient (Wildman–Crippen LogP) is 4.58. The highest BCUT2D eigenvalue weighted by atomic mass is 16.3. The molecule has 2 aromatic heterocycles. The van der Waals surface area contributed by atoms with E-state index in [0.29, 0.717) is 19.0 Å². The van der Waals surface area contributed by atoms with E-state index in [9.17, 15) is 9.59 Å². The molecule has 6 nitrogen and oxygen atoms in total. The fourth-order valence-electron chi connectivity index (χ4n) is 4.45. The molecule has 0 radical (unpaired) electrons. The van der Waals surface area contributed by atoms with Crippen LogP contribution >= 0.6 is 0 Å². The summed E-state index contributed by atoms with van der Waals surface area (Å²) in [6.45, 7) is 7.26. The van der Waals surface area contributed by atoms with Gasteiger partial charge < -0.3 is 19.2 Å². The van der Waals surface area contributed by atoms with E-state index in [1.807, 2.05) is 41.4 Å². The molecule has 1 N–H and O–H groups in total. The lowest BCUT2D eigenvalue weighted by Crippen LogP contribution is -2.43. The van der Waals surface area contributed by atoms with E-state index >= 15 is 0 Å². The van der Waals surface area contributed by atoms with E-state index in [0.717, 1.165) is 28.8 Å². The summed E-state index contributed by atoms with van der Waals surface area (Å²) in [4.78, 5) is 33.1. The number of aromatic amines is 1. The minimum atomic E-state index is -0.344. The molecule has 0 saturated carbocycles. The smallest absolute Gasteiger partial charge is 0.232 e. The van der Waals surface area contributed by atoms with Crippen LogP contribution in [-0.4, -0.2) is 34.3 Å². The van der Waals surface area contributed by atoms with Crippen LogP contribution in [0.3, 0.4) is 0 Å². The van der Waals surface area contributed by atoms with Crippen molar-refractivity contribution in [3.05, 3.63) is 54.6 Å². The van der Waals surface area contributed by atoms with Gasteiger partial charge in [0.2, 0.25) is 11.8 Å². The number of likely N-dealkylation sites (tertiary alicyclic amines) is 1. The molecule has 2 amide bonds. The van der Waals surface area contributed by atoms with Crippen LogP contribution in [0.25, 0.3) is 10.9 Å². The van der Waals surface area contributed by atoms with Gasteiger partial charge in [-0.1, -0.05) is 13.8 Å². The molecule has 3 heterocycles. The number of benzene rings is 1. The molecule has 1 aliphatic heterocycles. The van der Waals surface area contributed by atoms with Gasteiger partial charge in [0.15, 0.2) is 0 Å². The van der Waals surface area contributed by atoms with Gasteiger partial charge in [0.1, 0.15) is 5.76 Å². The number of anilines is 1. The lowest BCUT2D eigenvalue weighted by atomic mass is 9.99. The Bertz CT molecular complexity index is 1020. The second kappa shape index (κ2) is 8.38. The molecular formula is C24H29N3O3. The van der Waals surface area contributed by atoms with Crippen LogP contribution in [0.2, 0.25) is 0 Å². The fraction of sp³-hybridized carbons (Fsp3) is 0.417. The third kappa shape index (κ3) is 4.13. The maximum atomic E-state index is 13.7. The molecule has 158 valence electrons. The quantitative estimate of drug-likeness (QED) is 0.623. The number of nitrogens with zero attached hydrogens (tertiary/aromatic N) is 2. The zero-order valence-corrected chi connectivity index (χ0v) is 17.8. The normalized spacial score (nSPS) is 17.8. The van der Waals surface area contributed by atoms with Crippen molar-refractivity contribution in [3.8, 4) is 0 Å². The lowest BCUT2D eigenvalue weighted by molar-refractivity contribution is -0.129. The number of hydrogen-bond acceptors (Lipinski definition) is 3. The molecular weight excluding hydrogens is 378 g/mol. The number of fused-ring (bicyclic) bond motifs is 1. The van der Waals surface area contributed by atoms with Gasteiger partial charge in [-0.3, -0.25) is 9.59 Å². The van der Waals surface area contributed by atoms with E-state index in [2.05, 4.69) is 31.8 Å². The number of carbonyl (C=O) groups excluding carboxylic acids is 2.